The molecule has 0 fully saturated rings. The minimum atomic E-state index is -4.56. The van der Waals surface area contributed by atoms with E-state index in [1.54, 1.807) is 4.90 Å². The second-order valence-corrected chi connectivity index (χ2v) is 6.54. The first-order chi connectivity index (χ1) is 11.3. The van der Waals surface area contributed by atoms with Crippen molar-refractivity contribution in [3.63, 3.8) is 0 Å². The molecule has 9 heteroatoms. The molecule has 0 bridgehead atoms. The van der Waals surface area contributed by atoms with Crippen molar-refractivity contribution in [2.45, 2.75) is 30.7 Å². The van der Waals surface area contributed by atoms with Crippen molar-refractivity contribution in [1.29, 1.82) is 0 Å². The summed E-state index contributed by atoms with van der Waals surface area (Å²) in [5, 5.41) is 6.75. The van der Waals surface area contributed by atoms with Crippen LogP contribution in [-0.2, 0) is 24.4 Å². The Balaban J connectivity index is 1.72. The second kappa shape index (κ2) is 6.12. The Kier molecular flexibility index (Phi) is 4.29. The molecule has 0 aliphatic carbocycles. The highest BCUT2D eigenvalue weighted by molar-refractivity contribution is 7.99. The zero-order chi connectivity index (χ0) is 17.5. The van der Waals surface area contributed by atoms with E-state index in [-0.39, 0.29) is 22.9 Å². The highest BCUT2D eigenvalue weighted by Crippen LogP contribution is 2.33. The van der Waals surface area contributed by atoms with Gasteiger partial charge < -0.3 is 9.47 Å². The molecule has 0 N–H and O–H groups in total. The van der Waals surface area contributed by atoms with Crippen LogP contribution < -0.4 is 4.90 Å². The van der Waals surface area contributed by atoms with Crippen LogP contribution >= 0.6 is 11.8 Å². The number of carbonyl (C=O) groups is 1. The molecule has 5 nitrogen and oxygen atoms in total. The topological polar surface area (TPSA) is 51.0 Å². The van der Waals surface area contributed by atoms with Gasteiger partial charge in [0, 0.05) is 18.8 Å². The lowest BCUT2D eigenvalue weighted by atomic mass is 10.1. The number of para-hydroxylation sites is 1. The highest BCUT2D eigenvalue weighted by Gasteiger charge is 2.38. The van der Waals surface area contributed by atoms with Gasteiger partial charge in [-0.3, -0.25) is 4.79 Å². The Morgan fingerprint density at radius 3 is 2.71 bits per heavy atom. The SMILES string of the molecule is C[C@@H]1Cc2ccccc2N1C(=O)CSc1nnc(C(F)(F)F)n1C. The van der Waals surface area contributed by atoms with Gasteiger partial charge in [-0.1, -0.05) is 30.0 Å². The molecule has 1 atom stereocenters. The molecule has 0 spiro atoms. The number of rotatable bonds is 3. The van der Waals surface area contributed by atoms with Gasteiger partial charge in [-0.05, 0) is 25.0 Å². The molecule has 1 aliphatic heterocycles. The van der Waals surface area contributed by atoms with E-state index >= 15 is 0 Å². The summed E-state index contributed by atoms with van der Waals surface area (Å²) < 4.78 is 39.0. The molecule has 0 saturated carbocycles. The summed E-state index contributed by atoms with van der Waals surface area (Å²) in [6.45, 7) is 1.95. The number of aromatic nitrogens is 3. The van der Waals surface area contributed by atoms with Gasteiger partial charge in [-0.15, -0.1) is 10.2 Å². The van der Waals surface area contributed by atoms with Crippen molar-refractivity contribution in [2.75, 3.05) is 10.7 Å². The third-order valence-electron chi connectivity index (χ3n) is 3.89. The lowest BCUT2D eigenvalue weighted by Gasteiger charge is -2.22. The van der Waals surface area contributed by atoms with Gasteiger partial charge in [0.1, 0.15) is 0 Å². The van der Waals surface area contributed by atoms with Crippen molar-refractivity contribution in [3.05, 3.63) is 35.7 Å². The molecule has 2 aromatic rings. The van der Waals surface area contributed by atoms with Crippen molar-refractivity contribution >= 4 is 23.4 Å². The molecule has 2 heterocycles. The molecule has 0 radical (unpaired) electrons. The van der Waals surface area contributed by atoms with Crippen LogP contribution in [0.2, 0.25) is 0 Å². The summed E-state index contributed by atoms with van der Waals surface area (Å²) in [4.78, 5) is 14.2. The van der Waals surface area contributed by atoms with Crippen LogP contribution in [0.25, 0.3) is 0 Å². The lowest BCUT2D eigenvalue weighted by Crippen LogP contribution is -2.37. The Morgan fingerprint density at radius 1 is 1.33 bits per heavy atom. The monoisotopic (exact) mass is 356 g/mol. The molecule has 0 unspecified atom stereocenters. The number of alkyl halides is 3. The fourth-order valence-corrected chi connectivity index (χ4v) is 3.60. The quantitative estimate of drug-likeness (QED) is 0.794. The predicted molar refractivity (Wildman–Crippen MR) is 83.8 cm³/mol. The van der Waals surface area contributed by atoms with E-state index in [4.69, 9.17) is 0 Å². The summed E-state index contributed by atoms with van der Waals surface area (Å²) in [5.74, 6) is -1.23. The number of fused-ring (bicyclic) bond motifs is 1. The van der Waals surface area contributed by atoms with Gasteiger partial charge in [-0.25, -0.2) is 0 Å². The van der Waals surface area contributed by atoms with Gasteiger partial charge in [0.2, 0.25) is 11.7 Å². The molecule has 0 saturated heterocycles. The Hall–Kier alpha value is -2.03. The number of benzene rings is 1. The third kappa shape index (κ3) is 3.00. The minimum absolute atomic E-state index is 0.00248. The van der Waals surface area contributed by atoms with Gasteiger partial charge in [0.25, 0.3) is 0 Å². The smallest absolute Gasteiger partial charge is 0.308 e. The van der Waals surface area contributed by atoms with E-state index in [0.717, 1.165) is 34.0 Å². The molecular formula is C15H15F3N4OS. The Bertz CT molecular complexity index is 774. The number of hydrogen-bond donors (Lipinski definition) is 0. The van der Waals surface area contributed by atoms with Crippen LogP contribution in [0.5, 0.6) is 0 Å². The molecule has 3 rings (SSSR count). The predicted octanol–water partition coefficient (Wildman–Crippen LogP) is 2.90. The van der Waals surface area contributed by atoms with Gasteiger partial charge in [-0.2, -0.15) is 13.2 Å². The van der Waals surface area contributed by atoms with Gasteiger partial charge >= 0.3 is 6.18 Å². The fourth-order valence-electron chi connectivity index (χ4n) is 2.83. The maximum absolute atomic E-state index is 12.7. The minimum Gasteiger partial charge on any atom is -0.308 e. The van der Waals surface area contributed by atoms with E-state index in [1.807, 2.05) is 31.2 Å². The summed E-state index contributed by atoms with van der Waals surface area (Å²) >= 11 is 0.954. The fraction of sp³-hybridized carbons (Fsp3) is 0.400. The number of thioether (sulfide) groups is 1. The van der Waals surface area contributed by atoms with Crippen LogP contribution in [0, 0.1) is 0 Å². The van der Waals surface area contributed by atoms with Crippen LogP contribution in [0.3, 0.4) is 0 Å². The van der Waals surface area contributed by atoms with Crippen molar-refractivity contribution in [2.24, 2.45) is 7.05 Å². The number of nitrogens with zero attached hydrogens (tertiary/aromatic N) is 4. The standard InChI is InChI=1S/C15H15F3N4OS/c1-9-7-10-5-3-4-6-11(10)22(9)12(23)8-24-14-20-19-13(21(14)2)15(16,17)18/h3-6,9H,7-8H2,1-2H3/t9-/m1/s1. The Morgan fingerprint density at radius 2 is 2.04 bits per heavy atom. The Labute approximate surface area is 140 Å². The first-order valence-electron chi connectivity index (χ1n) is 7.28. The second-order valence-electron chi connectivity index (χ2n) is 5.60. The molecule has 1 amide bonds. The van der Waals surface area contributed by atoms with Crippen LogP contribution in [-0.4, -0.2) is 32.5 Å². The maximum atomic E-state index is 12.7. The van der Waals surface area contributed by atoms with Crippen molar-refractivity contribution in [1.82, 2.24) is 14.8 Å². The molecule has 1 aromatic heterocycles. The highest BCUT2D eigenvalue weighted by atomic mass is 32.2. The number of anilines is 1. The summed E-state index contributed by atoms with van der Waals surface area (Å²) in [6.07, 6.45) is -3.79. The van der Waals surface area contributed by atoms with E-state index in [9.17, 15) is 18.0 Å². The lowest BCUT2D eigenvalue weighted by molar-refractivity contribution is -0.147. The molecule has 1 aromatic carbocycles. The third-order valence-corrected chi connectivity index (χ3v) is 4.89. The average molecular weight is 356 g/mol. The van der Waals surface area contributed by atoms with Crippen molar-refractivity contribution < 1.29 is 18.0 Å². The maximum Gasteiger partial charge on any atom is 0.451 e. The van der Waals surface area contributed by atoms with Crippen LogP contribution in [0.15, 0.2) is 29.4 Å². The van der Waals surface area contributed by atoms with E-state index < -0.39 is 12.0 Å². The molecule has 1 aliphatic rings. The zero-order valence-corrected chi connectivity index (χ0v) is 13.9. The van der Waals surface area contributed by atoms with Gasteiger partial charge in [0.05, 0.1) is 5.75 Å². The summed E-state index contributed by atoms with van der Waals surface area (Å²) in [6, 6.07) is 7.67. The summed E-state index contributed by atoms with van der Waals surface area (Å²) in [5.41, 5.74) is 1.96. The largest absolute Gasteiger partial charge is 0.451 e. The molecular weight excluding hydrogens is 341 g/mol. The molecule has 24 heavy (non-hydrogen) atoms. The van der Waals surface area contributed by atoms with Crippen molar-refractivity contribution in [3.8, 4) is 0 Å². The van der Waals surface area contributed by atoms with E-state index in [2.05, 4.69) is 10.2 Å². The first kappa shape index (κ1) is 16.8. The van der Waals surface area contributed by atoms with E-state index in [0.29, 0.717) is 0 Å². The normalized spacial score (nSPS) is 17.2. The van der Waals surface area contributed by atoms with Crippen LogP contribution in [0.1, 0.15) is 18.3 Å². The number of amides is 1. The number of halogens is 3. The number of hydrogen-bond acceptors (Lipinski definition) is 4. The zero-order valence-electron chi connectivity index (χ0n) is 13.0. The average Bonchev–Trinajstić information content (AvgIpc) is 3.03. The van der Waals surface area contributed by atoms with Crippen LogP contribution in [0.4, 0.5) is 18.9 Å². The van der Waals surface area contributed by atoms with Gasteiger partial charge in [0.15, 0.2) is 5.16 Å². The number of carbonyl (C=O) groups excluding carboxylic acids is 1. The van der Waals surface area contributed by atoms with E-state index in [1.165, 1.54) is 7.05 Å². The first-order valence-corrected chi connectivity index (χ1v) is 8.27. The molecule has 128 valence electrons. The summed E-state index contributed by atoms with van der Waals surface area (Å²) in [7, 11) is 1.24.